The topological polar surface area (TPSA) is 90.1 Å². The van der Waals surface area contributed by atoms with E-state index >= 15 is 0 Å². The first-order valence-electron chi connectivity index (χ1n) is 10.4. The molecule has 4 aromatic rings. The highest BCUT2D eigenvalue weighted by Gasteiger charge is 2.33. The van der Waals surface area contributed by atoms with Crippen molar-refractivity contribution in [3.05, 3.63) is 88.5 Å². The molecule has 7 nitrogen and oxygen atoms in total. The summed E-state index contributed by atoms with van der Waals surface area (Å²) in [5.41, 5.74) is 0.240. The molecule has 0 saturated carbocycles. The van der Waals surface area contributed by atoms with E-state index in [2.05, 4.69) is 20.4 Å². The third-order valence-corrected chi connectivity index (χ3v) is 5.14. The normalized spacial score (nSPS) is 11.3. The zero-order valence-corrected chi connectivity index (χ0v) is 19.0. The van der Waals surface area contributed by atoms with Gasteiger partial charge in [0, 0.05) is 24.4 Å². The fourth-order valence-electron chi connectivity index (χ4n) is 3.16. The molecule has 0 aliphatic heterocycles. The van der Waals surface area contributed by atoms with Crippen LogP contribution in [-0.2, 0) is 12.6 Å². The second-order valence-corrected chi connectivity index (χ2v) is 7.77. The van der Waals surface area contributed by atoms with Gasteiger partial charge >= 0.3 is 6.18 Å². The molecule has 0 saturated heterocycles. The first-order chi connectivity index (χ1) is 16.7. The van der Waals surface area contributed by atoms with Gasteiger partial charge in [-0.1, -0.05) is 28.9 Å². The fraction of sp³-hybridized carbons (Fsp3) is 0.167. The Morgan fingerprint density at radius 2 is 1.86 bits per heavy atom. The van der Waals surface area contributed by atoms with E-state index in [-0.39, 0.29) is 35.3 Å². The van der Waals surface area contributed by atoms with E-state index in [0.29, 0.717) is 18.0 Å². The third-order valence-electron chi connectivity index (χ3n) is 4.81. The van der Waals surface area contributed by atoms with E-state index in [9.17, 15) is 18.0 Å². The Bertz CT molecular complexity index is 1340. The standard InChI is InChI=1S/C24H18ClF3N4O3/c1-2-29-23(33)20-13-17(9-10-30-20)34-16-6-3-14(4-7-16)11-21-31-22(32-35-21)15-5-8-19(25)18(12-15)24(26,27)28/h3-10,12-13H,2,11H2,1H3,(H,29,33). The predicted molar refractivity (Wildman–Crippen MR) is 121 cm³/mol. The molecular formula is C24H18ClF3N4O3. The van der Waals surface area contributed by atoms with Gasteiger partial charge in [0.1, 0.15) is 17.2 Å². The van der Waals surface area contributed by atoms with E-state index in [1.807, 2.05) is 6.92 Å². The molecule has 2 aromatic heterocycles. The highest BCUT2D eigenvalue weighted by atomic mass is 35.5. The van der Waals surface area contributed by atoms with Crippen molar-refractivity contribution in [2.75, 3.05) is 6.54 Å². The summed E-state index contributed by atoms with van der Waals surface area (Å²) in [5, 5.41) is 6.06. The SMILES string of the molecule is CCNC(=O)c1cc(Oc2ccc(Cc3nc(-c4ccc(Cl)c(C(F)(F)F)c4)no3)cc2)ccn1. The summed E-state index contributed by atoms with van der Waals surface area (Å²) in [6, 6.07) is 13.6. The molecule has 0 aliphatic carbocycles. The minimum atomic E-state index is -4.59. The zero-order valence-electron chi connectivity index (χ0n) is 18.3. The average Bonchev–Trinajstić information content (AvgIpc) is 3.29. The Morgan fingerprint density at radius 1 is 1.09 bits per heavy atom. The number of ether oxygens (including phenoxy) is 1. The number of pyridine rings is 1. The van der Waals surface area contributed by atoms with Gasteiger partial charge in [0.05, 0.1) is 17.0 Å². The van der Waals surface area contributed by atoms with Crippen LogP contribution in [0.5, 0.6) is 11.5 Å². The summed E-state index contributed by atoms with van der Waals surface area (Å²) >= 11 is 5.66. The van der Waals surface area contributed by atoms with Crippen LogP contribution in [0.3, 0.4) is 0 Å². The average molecular weight is 503 g/mol. The van der Waals surface area contributed by atoms with Crippen LogP contribution in [-0.4, -0.2) is 27.6 Å². The highest BCUT2D eigenvalue weighted by Crippen LogP contribution is 2.36. The van der Waals surface area contributed by atoms with Gasteiger partial charge in [-0.25, -0.2) is 0 Å². The fourth-order valence-corrected chi connectivity index (χ4v) is 3.39. The number of rotatable bonds is 7. The summed E-state index contributed by atoms with van der Waals surface area (Å²) in [4.78, 5) is 20.2. The smallest absolute Gasteiger partial charge is 0.417 e. The molecule has 0 unspecified atom stereocenters. The number of nitrogens with one attached hydrogen (secondary N) is 1. The zero-order chi connectivity index (χ0) is 25.0. The number of nitrogens with zero attached hydrogens (tertiary/aromatic N) is 3. The summed E-state index contributed by atoms with van der Waals surface area (Å²) in [6.45, 7) is 2.30. The molecule has 0 atom stereocenters. The van der Waals surface area contributed by atoms with Crippen LogP contribution in [0.4, 0.5) is 13.2 Å². The molecular weight excluding hydrogens is 485 g/mol. The molecule has 11 heteroatoms. The Kier molecular flexibility index (Phi) is 7.02. The first-order valence-corrected chi connectivity index (χ1v) is 10.8. The number of hydrogen-bond acceptors (Lipinski definition) is 6. The molecule has 0 radical (unpaired) electrons. The van der Waals surface area contributed by atoms with Gasteiger partial charge in [-0.3, -0.25) is 9.78 Å². The van der Waals surface area contributed by atoms with Crippen LogP contribution < -0.4 is 10.1 Å². The van der Waals surface area contributed by atoms with Crippen LogP contribution >= 0.6 is 11.6 Å². The van der Waals surface area contributed by atoms with Crippen molar-refractivity contribution in [2.45, 2.75) is 19.5 Å². The van der Waals surface area contributed by atoms with Crippen molar-refractivity contribution in [1.29, 1.82) is 0 Å². The largest absolute Gasteiger partial charge is 0.457 e. The number of carbonyl (C=O) groups is 1. The Balaban J connectivity index is 1.43. The van der Waals surface area contributed by atoms with Crippen LogP contribution in [0.15, 0.2) is 65.3 Å². The lowest BCUT2D eigenvalue weighted by molar-refractivity contribution is -0.137. The number of carbonyl (C=O) groups excluding carboxylic acids is 1. The predicted octanol–water partition coefficient (Wildman–Crippen LogP) is 5.94. The van der Waals surface area contributed by atoms with Crippen LogP contribution in [0.1, 0.15) is 34.4 Å². The van der Waals surface area contributed by atoms with Gasteiger partial charge in [-0.2, -0.15) is 18.2 Å². The summed E-state index contributed by atoms with van der Waals surface area (Å²) in [6.07, 6.45) is -2.84. The van der Waals surface area contributed by atoms with Crippen molar-refractivity contribution in [3.63, 3.8) is 0 Å². The second kappa shape index (κ2) is 10.1. The Hall–Kier alpha value is -3.92. The van der Waals surface area contributed by atoms with E-state index in [0.717, 1.165) is 17.7 Å². The lowest BCUT2D eigenvalue weighted by atomic mass is 10.1. The summed E-state index contributed by atoms with van der Waals surface area (Å²) in [7, 11) is 0. The van der Waals surface area contributed by atoms with Crippen molar-refractivity contribution >= 4 is 17.5 Å². The Morgan fingerprint density at radius 3 is 2.57 bits per heavy atom. The number of alkyl halides is 3. The molecule has 0 bridgehead atoms. The number of halogens is 4. The molecule has 0 aliphatic rings. The van der Waals surface area contributed by atoms with E-state index in [1.165, 1.54) is 12.3 Å². The van der Waals surface area contributed by atoms with Crippen molar-refractivity contribution in [1.82, 2.24) is 20.4 Å². The van der Waals surface area contributed by atoms with Crippen LogP contribution in [0.25, 0.3) is 11.4 Å². The maximum absolute atomic E-state index is 13.1. The van der Waals surface area contributed by atoms with Gasteiger partial charge in [-0.05, 0) is 48.9 Å². The van der Waals surface area contributed by atoms with Gasteiger partial charge in [-0.15, -0.1) is 0 Å². The maximum Gasteiger partial charge on any atom is 0.417 e. The molecule has 180 valence electrons. The van der Waals surface area contributed by atoms with Gasteiger partial charge < -0.3 is 14.6 Å². The van der Waals surface area contributed by atoms with E-state index in [4.69, 9.17) is 20.9 Å². The number of benzene rings is 2. The number of amides is 1. The maximum atomic E-state index is 13.1. The molecule has 0 fully saturated rings. The van der Waals surface area contributed by atoms with E-state index < -0.39 is 16.8 Å². The molecule has 2 heterocycles. The lowest BCUT2D eigenvalue weighted by Gasteiger charge is -2.09. The molecule has 35 heavy (non-hydrogen) atoms. The number of hydrogen-bond donors (Lipinski definition) is 1. The van der Waals surface area contributed by atoms with Gasteiger partial charge in [0.2, 0.25) is 11.7 Å². The lowest BCUT2D eigenvalue weighted by Crippen LogP contribution is -2.23. The van der Waals surface area contributed by atoms with Gasteiger partial charge in [0.25, 0.3) is 5.91 Å². The first kappa shape index (κ1) is 24.2. The van der Waals surface area contributed by atoms with Crippen LogP contribution in [0, 0.1) is 0 Å². The number of aromatic nitrogens is 3. The van der Waals surface area contributed by atoms with Crippen molar-refractivity contribution < 1.29 is 27.2 Å². The Labute approximate surface area is 202 Å². The highest BCUT2D eigenvalue weighted by molar-refractivity contribution is 6.31. The van der Waals surface area contributed by atoms with Gasteiger partial charge in [0.15, 0.2) is 0 Å². The van der Waals surface area contributed by atoms with Crippen LogP contribution in [0.2, 0.25) is 5.02 Å². The monoisotopic (exact) mass is 502 g/mol. The summed E-state index contributed by atoms with van der Waals surface area (Å²) in [5.74, 6) is 0.965. The quantitative estimate of drug-likeness (QED) is 0.336. The third kappa shape index (κ3) is 5.96. The minimum Gasteiger partial charge on any atom is -0.457 e. The second-order valence-electron chi connectivity index (χ2n) is 7.36. The molecule has 2 aromatic carbocycles. The summed E-state index contributed by atoms with van der Waals surface area (Å²) < 4.78 is 50.3. The molecule has 4 rings (SSSR count). The minimum absolute atomic E-state index is 0.0303. The van der Waals surface area contributed by atoms with Crippen molar-refractivity contribution in [2.24, 2.45) is 0 Å². The van der Waals surface area contributed by atoms with Crippen molar-refractivity contribution in [3.8, 4) is 22.9 Å². The van der Waals surface area contributed by atoms with E-state index in [1.54, 1.807) is 36.4 Å². The molecule has 1 amide bonds. The molecule has 0 spiro atoms. The molecule has 1 N–H and O–H groups in total.